The number of pyridine rings is 2. The molecule has 3 atom stereocenters. The van der Waals surface area contributed by atoms with Gasteiger partial charge in [-0.15, -0.1) is 0 Å². The molecule has 1 amide bonds. The van der Waals surface area contributed by atoms with Gasteiger partial charge in [-0.05, 0) is 38.0 Å². The minimum atomic E-state index is -5.08. The molecule has 0 aliphatic carbocycles. The first-order chi connectivity index (χ1) is 18.1. The van der Waals surface area contributed by atoms with Crippen molar-refractivity contribution < 1.29 is 60.4 Å². The summed E-state index contributed by atoms with van der Waals surface area (Å²) in [6.07, 6.45) is -5.26. The monoisotopic (exact) mass is 567 g/mol. The average Bonchev–Trinajstić information content (AvgIpc) is 3.23. The number of aliphatic carboxylic acids is 2. The van der Waals surface area contributed by atoms with E-state index < -0.39 is 24.3 Å². The van der Waals surface area contributed by atoms with Crippen molar-refractivity contribution in [3.63, 3.8) is 0 Å². The number of nitrogens with zero attached hydrogens (tertiary/aromatic N) is 3. The standard InChI is InChI=1S/C19H21N3O3.2C2HF3O2/c1-13-7-8-14(11-21-13)19(23)22-12-16(18-15(22)5-4-10-24-18)25-17-6-2-3-9-20-17;2*3-2(4,5)1(6)7/h2-3,6-9,11,15-16,18H,4-5,10,12H2,1H3;2*(H,6,7)/t15-,16+,18+;;/m1../s1. The van der Waals surface area contributed by atoms with Crippen LogP contribution in [0.5, 0.6) is 5.88 Å². The predicted molar refractivity (Wildman–Crippen MR) is 119 cm³/mol. The van der Waals surface area contributed by atoms with E-state index in [4.69, 9.17) is 29.3 Å². The number of hydrogen-bond acceptors (Lipinski definition) is 7. The number of likely N-dealkylation sites (tertiary alicyclic amines) is 1. The molecule has 0 unspecified atom stereocenters. The zero-order valence-electron chi connectivity index (χ0n) is 20.1. The Hall–Kier alpha value is -3.95. The number of fused-ring (bicyclic) bond motifs is 1. The van der Waals surface area contributed by atoms with Crippen molar-refractivity contribution in [2.75, 3.05) is 13.2 Å². The molecule has 2 aliphatic rings. The molecular weight excluding hydrogens is 544 g/mol. The summed E-state index contributed by atoms with van der Waals surface area (Å²) in [7, 11) is 0. The Labute approximate surface area is 217 Å². The van der Waals surface area contributed by atoms with Gasteiger partial charge in [0.1, 0.15) is 12.2 Å². The minimum Gasteiger partial charge on any atom is -0.475 e. The second-order valence-electron chi connectivity index (χ2n) is 8.12. The number of aromatic nitrogens is 2. The topological polar surface area (TPSA) is 139 Å². The summed E-state index contributed by atoms with van der Waals surface area (Å²) in [4.78, 5) is 41.1. The lowest BCUT2D eigenvalue weighted by molar-refractivity contribution is -0.193. The first-order valence-corrected chi connectivity index (χ1v) is 11.1. The third-order valence-electron chi connectivity index (χ3n) is 5.29. The number of carboxylic acid groups (broad SMARTS) is 2. The highest BCUT2D eigenvalue weighted by molar-refractivity contribution is 5.94. The van der Waals surface area contributed by atoms with Crippen molar-refractivity contribution >= 4 is 17.8 Å². The fourth-order valence-electron chi connectivity index (χ4n) is 3.58. The van der Waals surface area contributed by atoms with Crippen LogP contribution in [0.25, 0.3) is 0 Å². The molecule has 0 saturated carbocycles. The highest BCUT2D eigenvalue weighted by Gasteiger charge is 2.47. The van der Waals surface area contributed by atoms with E-state index >= 15 is 0 Å². The summed E-state index contributed by atoms with van der Waals surface area (Å²) in [5.41, 5.74) is 1.50. The van der Waals surface area contributed by atoms with Crippen molar-refractivity contribution in [1.82, 2.24) is 14.9 Å². The first-order valence-electron chi connectivity index (χ1n) is 11.1. The molecule has 4 rings (SSSR count). The molecule has 214 valence electrons. The molecule has 2 N–H and O–H groups in total. The van der Waals surface area contributed by atoms with E-state index in [2.05, 4.69) is 9.97 Å². The second-order valence-corrected chi connectivity index (χ2v) is 8.12. The largest absolute Gasteiger partial charge is 0.490 e. The maximum absolute atomic E-state index is 13.0. The number of halogens is 6. The van der Waals surface area contributed by atoms with Crippen molar-refractivity contribution in [3.05, 3.63) is 54.0 Å². The van der Waals surface area contributed by atoms with Gasteiger partial charge in [0.2, 0.25) is 5.88 Å². The molecule has 39 heavy (non-hydrogen) atoms. The Morgan fingerprint density at radius 3 is 2.10 bits per heavy atom. The first kappa shape index (κ1) is 31.3. The highest BCUT2D eigenvalue weighted by Crippen LogP contribution is 2.32. The van der Waals surface area contributed by atoms with Crippen molar-refractivity contribution in [2.45, 2.75) is 50.4 Å². The molecule has 4 heterocycles. The summed E-state index contributed by atoms with van der Waals surface area (Å²) >= 11 is 0. The van der Waals surface area contributed by atoms with Gasteiger partial charge in [-0.2, -0.15) is 26.3 Å². The van der Waals surface area contributed by atoms with Gasteiger partial charge < -0.3 is 24.6 Å². The lowest BCUT2D eigenvalue weighted by Crippen LogP contribution is -2.44. The normalized spacial score (nSPS) is 20.4. The summed E-state index contributed by atoms with van der Waals surface area (Å²) in [6, 6.07) is 9.29. The third-order valence-corrected chi connectivity index (χ3v) is 5.29. The lowest BCUT2D eigenvalue weighted by atomic mass is 10.0. The zero-order chi connectivity index (χ0) is 29.4. The van der Waals surface area contributed by atoms with E-state index in [1.807, 2.05) is 42.2 Å². The van der Waals surface area contributed by atoms with Gasteiger partial charge in [0, 0.05) is 30.8 Å². The Bertz CT molecular complexity index is 1090. The number of ether oxygens (including phenoxy) is 2. The number of carboxylic acids is 2. The van der Waals surface area contributed by atoms with Crippen LogP contribution in [0.1, 0.15) is 28.9 Å². The molecule has 2 saturated heterocycles. The van der Waals surface area contributed by atoms with Crippen LogP contribution in [0.4, 0.5) is 26.3 Å². The molecule has 2 aromatic rings. The lowest BCUT2D eigenvalue weighted by Gasteiger charge is -2.32. The Balaban J connectivity index is 0.000000317. The van der Waals surface area contributed by atoms with Crippen LogP contribution in [0.3, 0.4) is 0 Å². The number of carbonyl (C=O) groups excluding carboxylic acids is 1. The number of alkyl halides is 6. The molecule has 2 aromatic heterocycles. The van der Waals surface area contributed by atoms with Crippen LogP contribution < -0.4 is 4.74 Å². The summed E-state index contributed by atoms with van der Waals surface area (Å²) in [6.45, 7) is 3.11. The number of carbonyl (C=O) groups is 3. The second kappa shape index (κ2) is 13.2. The van der Waals surface area contributed by atoms with Crippen molar-refractivity contribution in [1.29, 1.82) is 0 Å². The Morgan fingerprint density at radius 1 is 1.00 bits per heavy atom. The van der Waals surface area contributed by atoms with Crippen LogP contribution >= 0.6 is 0 Å². The Morgan fingerprint density at radius 2 is 1.62 bits per heavy atom. The number of aryl methyl sites for hydroxylation is 1. The van der Waals surface area contributed by atoms with Gasteiger partial charge in [0.05, 0.1) is 18.2 Å². The SMILES string of the molecule is Cc1ccc(C(=O)N2C[C@H](Oc3ccccn3)[C@H]3OCCC[C@H]32)cn1.O=C(O)C(F)(F)F.O=C(O)C(F)(F)F. The van der Waals surface area contributed by atoms with Crippen LogP contribution in [-0.2, 0) is 14.3 Å². The van der Waals surface area contributed by atoms with Gasteiger partial charge in [-0.25, -0.2) is 14.6 Å². The van der Waals surface area contributed by atoms with Crippen molar-refractivity contribution in [3.8, 4) is 5.88 Å². The van der Waals surface area contributed by atoms with Crippen LogP contribution in [-0.4, -0.2) is 86.7 Å². The maximum atomic E-state index is 13.0. The minimum absolute atomic E-state index is 0.0138. The summed E-state index contributed by atoms with van der Waals surface area (Å²) < 4.78 is 75.5. The van der Waals surface area contributed by atoms with Gasteiger partial charge in [-0.1, -0.05) is 6.07 Å². The molecule has 2 fully saturated rings. The molecule has 0 radical (unpaired) electrons. The van der Waals surface area contributed by atoms with E-state index in [-0.39, 0.29) is 24.2 Å². The van der Waals surface area contributed by atoms with E-state index in [9.17, 15) is 31.1 Å². The number of hydrogen-bond donors (Lipinski definition) is 2. The summed E-state index contributed by atoms with van der Waals surface area (Å²) in [5.74, 6) is -4.97. The molecule has 0 spiro atoms. The van der Waals surface area contributed by atoms with E-state index in [1.165, 1.54) is 0 Å². The highest BCUT2D eigenvalue weighted by atomic mass is 19.4. The average molecular weight is 567 g/mol. The fourth-order valence-corrected chi connectivity index (χ4v) is 3.58. The van der Waals surface area contributed by atoms with Crippen LogP contribution in [0.2, 0.25) is 0 Å². The smallest absolute Gasteiger partial charge is 0.475 e. The molecule has 2 aliphatic heterocycles. The maximum Gasteiger partial charge on any atom is 0.490 e. The number of rotatable bonds is 3. The van der Waals surface area contributed by atoms with Crippen molar-refractivity contribution in [2.24, 2.45) is 0 Å². The van der Waals surface area contributed by atoms with Crippen LogP contribution in [0.15, 0.2) is 42.7 Å². The fraction of sp³-hybridized carbons (Fsp3) is 0.435. The van der Waals surface area contributed by atoms with E-state index in [0.29, 0.717) is 24.6 Å². The third kappa shape index (κ3) is 9.38. The van der Waals surface area contributed by atoms with Gasteiger partial charge in [0.15, 0.2) is 0 Å². The summed E-state index contributed by atoms with van der Waals surface area (Å²) in [5, 5.41) is 14.2. The quantitative estimate of drug-likeness (QED) is 0.534. The van der Waals surface area contributed by atoms with Gasteiger partial charge in [-0.3, -0.25) is 9.78 Å². The molecule has 0 bridgehead atoms. The van der Waals surface area contributed by atoms with E-state index in [0.717, 1.165) is 18.5 Å². The molecule has 16 heteroatoms. The Kier molecular flexibility index (Phi) is 10.6. The van der Waals surface area contributed by atoms with Crippen LogP contribution in [0, 0.1) is 6.92 Å². The number of amides is 1. The van der Waals surface area contributed by atoms with E-state index in [1.54, 1.807) is 12.4 Å². The molecule has 0 aromatic carbocycles. The predicted octanol–water partition coefficient (Wildman–Crippen LogP) is 3.50. The van der Waals surface area contributed by atoms with Gasteiger partial charge >= 0.3 is 24.3 Å². The zero-order valence-corrected chi connectivity index (χ0v) is 20.1. The van der Waals surface area contributed by atoms with Gasteiger partial charge in [0.25, 0.3) is 5.91 Å². The molecule has 10 nitrogen and oxygen atoms in total. The molecular formula is C23H23F6N3O7.